The molecular weight excluding hydrogens is 364 g/mol. The quantitative estimate of drug-likeness (QED) is 0.676. The van der Waals surface area contributed by atoms with Crippen LogP contribution in [0, 0.1) is 0 Å². The molecule has 0 saturated heterocycles. The van der Waals surface area contributed by atoms with Crippen LogP contribution >= 0.6 is 11.6 Å². The van der Waals surface area contributed by atoms with E-state index in [1.807, 2.05) is 48.5 Å². The van der Waals surface area contributed by atoms with E-state index in [-0.39, 0.29) is 11.9 Å². The molecule has 1 heterocycles. The van der Waals surface area contributed by atoms with Crippen LogP contribution in [-0.4, -0.2) is 18.0 Å². The highest BCUT2D eigenvalue weighted by molar-refractivity contribution is 6.30. The first kappa shape index (κ1) is 17.6. The molecule has 27 heavy (non-hydrogen) atoms. The molecule has 0 aliphatic heterocycles. The number of benzene rings is 2. The van der Waals surface area contributed by atoms with Crippen molar-refractivity contribution in [3.05, 3.63) is 76.6 Å². The van der Waals surface area contributed by atoms with Gasteiger partial charge in [-0.1, -0.05) is 35.9 Å². The van der Waals surface area contributed by atoms with Gasteiger partial charge >= 0.3 is 6.01 Å². The number of hydrogen-bond acceptors (Lipinski definition) is 4. The van der Waals surface area contributed by atoms with E-state index in [1.54, 1.807) is 13.3 Å². The van der Waals surface area contributed by atoms with E-state index in [2.05, 4.69) is 10.3 Å². The highest BCUT2D eigenvalue weighted by atomic mass is 35.5. The molecule has 3 aromatic rings. The Morgan fingerprint density at radius 3 is 2.52 bits per heavy atom. The Bertz CT molecular complexity index is 944. The van der Waals surface area contributed by atoms with E-state index >= 15 is 0 Å². The minimum absolute atomic E-state index is 0.0902. The first-order valence-corrected chi connectivity index (χ1v) is 9.12. The van der Waals surface area contributed by atoms with Crippen molar-refractivity contribution in [1.82, 2.24) is 4.98 Å². The minimum atomic E-state index is -0.503. The molecule has 0 atom stereocenters. The van der Waals surface area contributed by atoms with Gasteiger partial charge in [0.2, 0.25) is 5.91 Å². The summed E-state index contributed by atoms with van der Waals surface area (Å²) in [5, 5.41) is 3.51. The molecule has 0 unspecified atom stereocenters. The maximum Gasteiger partial charge on any atom is 0.301 e. The van der Waals surface area contributed by atoms with Crippen LogP contribution in [-0.2, 0) is 16.6 Å². The van der Waals surface area contributed by atoms with Crippen LogP contribution in [0.1, 0.15) is 29.7 Å². The summed E-state index contributed by atoms with van der Waals surface area (Å²) in [4.78, 5) is 17.0. The first-order chi connectivity index (χ1) is 13.1. The second-order valence-electron chi connectivity index (χ2n) is 6.70. The monoisotopic (exact) mass is 382 g/mol. The maximum atomic E-state index is 12.8. The van der Waals surface area contributed by atoms with Gasteiger partial charge in [0, 0.05) is 11.4 Å². The van der Waals surface area contributed by atoms with Crippen molar-refractivity contribution in [3.63, 3.8) is 0 Å². The number of nitrogens with zero attached hydrogens (tertiary/aromatic N) is 1. The van der Waals surface area contributed by atoms with Crippen molar-refractivity contribution in [2.75, 3.05) is 12.4 Å². The molecular formula is C21H19ClN2O3. The van der Waals surface area contributed by atoms with E-state index in [1.165, 1.54) is 0 Å². The Hall–Kier alpha value is -2.79. The summed E-state index contributed by atoms with van der Waals surface area (Å²) < 4.78 is 10.9. The molecule has 0 bridgehead atoms. The fourth-order valence-electron chi connectivity index (χ4n) is 3.15. The molecule has 2 aromatic carbocycles. The van der Waals surface area contributed by atoms with Gasteiger partial charge < -0.3 is 9.15 Å². The number of aromatic nitrogens is 1. The summed E-state index contributed by atoms with van der Waals surface area (Å²) in [6, 6.07) is 15.4. The number of carbonyl (C=O) groups is 1. The van der Waals surface area contributed by atoms with Crippen LogP contribution in [0.25, 0.3) is 0 Å². The molecule has 4 rings (SSSR count). The van der Waals surface area contributed by atoms with Crippen molar-refractivity contribution >= 4 is 23.5 Å². The smallest absolute Gasteiger partial charge is 0.301 e. The van der Waals surface area contributed by atoms with E-state index in [4.69, 9.17) is 20.8 Å². The zero-order valence-electron chi connectivity index (χ0n) is 14.9. The average Bonchev–Trinajstić information content (AvgIpc) is 3.39. The second kappa shape index (κ2) is 7.08. The Labute approximate surface area is 162 Å². The highest BCUT2D eigenvalue weighted by Gasteiger charge is 2.51. The molecule has 1 amide bonds. The Kier molecular flexibility index (Phi) is 4.62. The fraction of sp³-hybridized carbons (Fsp3) is 0.238. The summed E-state index contributed by atoms with van der Waals surface area (Å²) in [6.45, 7) is 0. The van der Waals surface area contributed by atoms with E-state index < -0.39 is 5.41 Å². The summed E-state index contributed by atoms with van der Waals surface area (Å²) in [7, 11) is 1.62. The van der Waals surface area contributed by atoms with Gasteiger partial charge in [-0.3, -0.25) is 10.1 Å². The number of methoxy groups -OCH3 is 1. The zero-order valence-corrected chi connectivity index (χ0v) is 15.6. The van der Waals surface area contributed by atoms with Crippen LogP contribution in [0.15, 0.2) is 59.1 Å². The lowest BCUT2D eigenvalue weighted by Gasteiger charge is -2.14. The molecule has 5 nitrogen and oxygen atoms in total. The number of amides is 1. The molecule has 1 saturated carbocycles. The van der Waals surface area contributed by atoms with Gasteiger partial charge in [0.25, 0.3) is 0 Å². The Morgan fingerprint density at radius 1 is 1.19 bits per heavy atom. The van der Waals surface area contributed by atoms with Crippen LogP contribution in [0.5, 0.6) is 5.75 Å². The van der Waals surface area contributed by atoms with Gasteiger partial charge in [0.05, 0.1) is 18.7 Å². The molecule has 1 aromatic heterocycles. The van der Waals surface area contributed by atoms with Crippen molar-refractivity contribution in [2.45, 2.75) is 24.7 Å². The summed E-state index contributed by atoms with van der Waals surface area (Å²) in [5.41, 5.74) is 1.54. The van der Waals surface area contributed by atoms with Crippen LogP contribution in [0.3, 0.4) is 0 Å². The topological polar surface area (TPSA) is 64.4 Å². The number of anilines is 1. The predicted octanol–water partition coefficient (Wildman–Crippen LogP) is 4.60. The normalized spacial score (nSPS) is 14.6. The number of halogens is 1. The van der Waals surface area contributed by atoms with Gasteiger partial charge in [0.15, 0.2) is 0 Å². The summed E-state index contributed by atoms with van der Waals surface area (Å²) in [5.74, 6) is 1.36. The highest BCUT2D eigenvalue weighted by Crippen LogP contribution is 2.49. The Balaban J connectivity index is 1.43. The van der Waals surface area contributed by atoms with Crippen LogP contribution in [0.2, 0.25) is 5.02 Å². The van der Waals surface area contributed by atoms with E-state index in [0.29, 0.717) is 17.2 Å². The lowest BCUT2D eigenvalue weighted by Crippen LogP contribution is -2.27. The molecule has 1 N–H and O–H groups in total. The molecule has 1 aliphatic rings. The zero-order chi connectivity index (χ0) is 18.9. The number of oxazole rings is 1. The minimum Gasteiger partial charge on any atom is -0.497 e. The molecule has 0 radical (unpaired) electrons. The predicted molar refractivity (Wildman–Crippen MR) is 103 cm³/mol. The number of carbonyl (C=O) groups excluding carboxylic acids is 1. The SMILES string of the molecule is COc1ccc(C2(C(=O)Nc3ncc(Cc4ccc(Cl)cc4)o3)CC2)cc1. The van der Waals surface area contributed by atoms with Crippen molar-refractivity contribution in [3.8, 4) is 5.75 Å². The molecule has 1 aliphatic carbocycles. The number of rotatable bonds is 6. The Morgan fingerprint density at radius 2 is 1.89 bits per heavy atom. The standard InChI is InChI=1S/C21H19ClN2O3/c1-26-17-8-4-15(5-9-17)21(10-11-21)19(25)24-20-23-13-18(27-20)12-14-2-6-16(22)7-3-14/h2-9,13H,10-12H2,1H3,(H,23,24,25). The summed E-state index contributed by atoms with van der Waals surface area (Å²) >= 11 is 5.90. The largest absolute Gasteiger partial charge is 0.497 e. The van der Waals surface area contributed by atoms with Gasteiger partial charge in [-0.05, 0) is 48.2 Å². The van der Waals surface area contributed by atoms with Crippen molar-refractivity contribution < 1.29 is 13.9 Å². The number of ether oxygens (including phenoxy) is 1. The maximum absolute atomic E-state index is 12.8. The lowest BCUT2D eigenvalue weighted by molar-refractivity contribution is -0.118. The third-order valence-electron chi connectivity index (χ3n) is 4.89. The molecule has 138 valence electrons. The summed E-state index contributed by atoms with van der Waals surface area (Å²) in [6.07, 6.45) is 3.84. The van der Waals surface area contributed by atoms with Crippen molar-refractivity contribution in [1.29, 1.82) is 0 Å². The van der Waals surface area contributed by atoms with Gasteiger partial charge in [-0.2, -0.15) is 0 Å². The van der Waals surface area contributed by atoms with Crippen LogP contribution in [0.4, 0.5) is 6.01 Å². The van der Waals surface area contributed by atoms with E-state index in [0.717, 1.165) is 29.7 Å². The van der Waals surface area contributed by atoms with E-state index in [9.17, 15) is 4.79 Å². The van der Waals surface area contributed by atoms with Crippen molar-refractivity contribution in [2.24, 2.45) is 0 Å². The lowest BCUT2D eigenvalue weighted by atomic mass is 9.95. The first-order valence-electron chi connectivity index (χ1n) is 8.74. The van der Waals surface area contributed by atoms with Crippen LogP contribution < -0.4 is 10.1 Å². The average molecular weight is 383 g/mol. The third kappa shape index (κ3) is 3.69. The molecule has 1 fully saturated rings. The molecule has 0 spiro atoms. The van der Waals surface area contributed by atoms with Gasteiger partial charge in [0.1, 0.15) is 11.5 Å². The fourth-order valence-corrected chi connectivity index (χ4v) is 3.28. The number of nitrogens with one attached hydrogen (secondary N) is 1. The second-order valence-corrected chi connectivity index (χ2v) is 7.14. The van der Waals surface area contributed by atoms with Gasteiger partial charge in [-0.15, -0.1) is 0 Å². The third-order valence-corrected chi connectivity index (χ3v) is 5.14. The number of hydrogen-bond donors (Lipinski definition) is 1. The molecule has 6 heteroatoms. The van der Waals surface area contributed by atoms with Gasteiger partial charge in [-0.25, -0.2) is 4.98 Å².